The summed E-state index contributed by atoms with van der Waals surface area (Å²) in [6, 6.07) is 25.3. The van der Waals surface area contributed by atoms with Gasteiger partial charge in [-0.3, -0.25) is 0 Å². The van der Waals surface area contributed by atoms with Crippen LogP contribution in [0.3, 0.4) is 0 Å². The molecule has 152 valence electrons. The molecule has 0 saturated heterocycles. The fourth-order valence-electron chi connectivity index (χ4n) is 4.13. The Kier molecular flexibility index (Phi) is 5.71. The molecule has 2 aliphatic heterocycles. The Morgan fingerprint density at radius 2 is 1.47 bits per heavy atom. The minimum absolute atomic E-state index is 0.0455. The van der Waals surface area contributed by atoms with E-state index < -0.39 is 0 Å². The molecule has 3 aromatic rings. The molecule has 0 amide bonds. The van der Waals surface area contributed by atoms with Crippen molar-refractivity contribution in [2.24, 2.45) is 0 Å². The predicted molar refractivity (Wildman–Crippen MR) is 130 cm³/mol. The van der Waals surface area contributed by atoms with Gasteiger partial charge in [-0.25, -0.2) is 4.58 Å². The first-order valence-corrected chi connectivity index (χ1v) is 12.0. The number of ether oxygens (including phenoxy) is 1. The van der Waals surface area contributed by atoms with E-state index >= 15 is 0 Å². The van der Waals surface area contributed by atoms with E-state index in [0.29, 0.717) is 13.3 Å². The van der Waals surface area contributed by atoms with Gasteiger partial charge in [0, 0.05) is 13.4 Å². The van der Waals surface area contributed by atoms with E-state index in [2.05, 4.69) is 130 Å². The summed E-state index contributed by atoms with van der Waals surface area (Å²) in [5.41, 5.74) is 7.04. The molecule has 0 aromatic heterocycles. The molecule has 2 unspecified atom stereocenters. The normalized spacial score (nSPS) is 20.8. The first-order valence-electron chi connectivity index (χ1n) is 9.64. The summed E-state index contributed by atoms with van der Waals surface area (Å²) in [6.07, 6.45) is -0.0455. The standard InChI is InChI=1S/C23H18Br3N3O/c24-17-11-18(25)22(19(26)12-17)29-14-28-20(27-29)13-30-23(16-9-5-2-6-10-16)21(28)15-7-3-1-4-8-15/h1-12,21,23H,13-14H2/p+1. The maximum Gasteiger partial charge on any atom is 0.296 e. The number of anilines is 1. The lowest BCUT2D eigenvalue weighted by Crippen LogP contribution is -2.40. The van der Waals surface area contributed by atoms with Crippen LogP contribution in [0.1, 0.15) is 23.3 Å². The third kappa shape index (κ3) is 3.73. The second-order valence-corrected chi connectivity index (χ2v) is 9.94. The van der Waals surface area contributed by atoms with Crippen molar-refractivity contribution in [2.75, 3.05) is 18.3 Å². The number of hydrogen-bond donors (Lipinski definition) is 1. The Morgan fingerprint density at radius 1 is 0.867 bits per heavy atom. The van der Waals surface area contributed by atoms with Crippen LogP contribution in [0.15, 0.2) is 86.2 Å². The van der Waals surface area contributed by atoms with Crippen LogP contribution in [0.5, 0.6) is 0 Å². The van der Waals surface area contributed by atoms with Crippen LogP contribution in [-0.4, -0.2) is 23.7 Å². The van der Waals surface area contributed by atoms with Gasteiger partial charge in [-0.05, 0) is 55.1 Å². The van der Waals surface area contributed by atoms with E-state index in [4.69, 9.17) is 4.74 Å². The SMILES string of the molecule is Brc1cc(Br)c(N2C[N+]3=C(COC(c4ccccc4)C3c3ccccc3)N2)c(Br)c1. The van der Waals surface area contributed by atoms with Gasteiger partial charge in [0.25, 0.3) is 5.84 Å². The molecular weight excluding hydrogens is 574 g/mol. The Balaban J connectivity index is 1.54. The smallest absolute Gasteiger partial charge is 0.296 e. The van der Waals surface area contributed by atoms with Crippen molar-refractivity contribution >= 4 is 59.3 Å². The lowest BCUT2D eigenvalue weighted by atomic mass is 9.94. The van der Waals surface area contributed by atoms with Gasteiger partial charge < -0.3 is 4.74 Å². The minimum atomic E-state index is -0.0455. The number of nitrogens with zero attached hydrogens (tertiary/aromatic N) is 2. The lowest BCUT2D eigenvalue weighted by molar-refractivity contribution is -0.587. The number of benzene rings is 3. The average molecular weight is 593 g/mol. The van der Waals surface area contributed by atoms with Crippen molar-refractivity contribution in [2.45, 2.75) is 12.1 Å². The topological polar surface area (TPSA) is 27.5 Å². The van der Waals surface area contributed by atoms with Crippen LogP contribution in [0.4, 0.5) is 5.69 Å². The summed E-state index contributed by atoms with van der Waals surface area (Å²) < 4.78 is 11.9. The van der Waals surface area contributed by atoms with E-state index in [0.717, 1.165) is 24.9 Å². The van der Waals surface area contributed by atoms with Gasteiger partial charge >= 0.3 is 0 Å². The highest BCUT2D eigenvalue weighted by molar-refractivity contribution is 9.11. The lowest BCUT2D eigenvalue weighted by Gasteiger charge is -2.30. The first-order chi connectivity index (χ1) is 14.6. The largest absolute Gasteiger partial charge is 0.356 e. The molecule has 3 aromatic carbocycles. The predicted octanol–water partition coefficient (Wildman–Crippen LogP) is 6.18. The van der Waals surface area contributed by atoms with E-state index in [1.807, 2.05) is 6.07 Å². The van der Waals surface area contributed by atoms with Crippen LogP contribution in [0, 0.1) is 0 Å². The van der Waals surface area contributed by atoms with Gasteiger partial charge in [-0.2, -0.15) is 10.4 Å². The molecule has 0 saturated carbocycles. The van der Waals surface area contributed by atoms with Crippen molar-refractivity contribution in [1.29, 1.82) is 0 Å². The fraction of sp³-hybridized carbons (Fsp3) is 0.174. The molecule has 0 fully saturated rings. The summed E-state index contributed by atoms with van der Waals surface area (Å²) in [5, 5.41) is 2.16. The monoisotopic (exact) mass is 590 g/mol. The van der Waals surface area contributed by atoms with Gasteiger partial charge in [0.1, 0.15) is 11.8 Å². The van der Waals surface area contributed by atoms with E-state index in [9.17, 15) is 0 Å². The third-order valence-electron chi connectivity index (χ3n) is 5.45. The Labute approximate surface area is 200 Å². The van der Waals surface area contributed by atoms with Crippen LogP contribution in [0.25, 0.3) is 0 Å². The van der Waals surface area contributed by atoms with E-state index in [-0.39, 0.29) is 12.1 Å². The Hall–Kier alpha value is -1.67. The number of amidine groups is 1. The van der Waals surface area contributed by atoms with Crippen LogP contribution in [-0.2, 0) is 4.74 Å². The summed E-state index contributed by atoms with van der Waals surface area (Å²) in [6.45, 7) is 1.24. The highest BCUT2D eigenvalue weighted by atomic mass is 79.9. The molecule has 2 atom stereocenters. The summed E-state index contributed by atoms with van der Waals surface area (Å²) in [5.74, 6) is 1.07. The van der Waals surface area contributed by atoms with E-state index in [1.54, 1.807) is 0 Å². The molecule has 0 radical (unpaired) electrons. The molecule has 4 nitrogen and oxygen atoms in total. The van der Waals surface area contributed by atoms with Gasteiger partial charge in [0.2, 0.25) is 0 Å². The molecule has 0 bridgehead atoms. The van der Waals surface area contributed by atoms with Crippen LogP contribution >= 0.6 is 47.8 Å². The zero-order valence-corrected chi connectivity index (χ0v) is 20.7. The second-order valence-electron chi connectivity index (χ2n) is 7.31. The average Bonchev–Trinajstić information content (AvgIpc) is 3.17. The van der Waals surface area contributed by atoms with Crippen molar-refractivity contribution in [1.82, 2.24) is 5.43 Å². The first kappa shape index (κ1) is 20.2. The van der Waals surface area contributed by atoms with E-state index in [1.165, 1.54) is 11.1 Å². The van der Waals surface area contributed by atoms with Gasteiger partial charge in [0.15, 0.2) is 19.3 Å². The van der Waals surface area contributed by atoms with Gasteiger partial charge in [-0.1, -0.05) is 76.6 Å². The third-order valence-corrected chi connectivity index (χ3v) is 7.11. The quantitative estimate of drug-likeness (QED) is 0.368. The van der Waals surface area contributed by atoms with Gasteiger partial charge in [-0.15, -0.1) is 0 Å². The molecule has 7 heteroatoms. The maximum atomic E-state index is 6.41. The second kappa shape index (κ2) is 8.46. The number of hydrogen-bond acceptors (Lipinski definition) is 3. The van der Waals surface area contributed by atoms with Crippen molar-refractivity contribution in [3.63, 3.8) is 0 Å². The number of rotatable bonds is 3. The Bertz CT molecular complexity index is 1080. The molecule has 0 spiro atoms. The molecule has 1 N–H and O–H groups in total. The van der Waals surface area contributed by atoms with Crippen LogP contribution in [0.2, 0.25) is 0 Å². The highest BCUT2D eigenvalue weighted by Gasteiger charge is 2.44. The molecule has 2 heterocycles. The summed E-state index contributed by atoms with van der Waals surface area (Å²) in [7, 11) is 0. The summed E-state index contributed by atoms with van der Waals surface area (Å²) >= 11 is 11.0. The fourth-order valence-corrected chi connectivity index (χ4v) is 6.82. The molecular formula is C23H19Br3N3O+. The number of nitrogens with one attached hydrogen (secondary N) is 1. The summed E-state index contributed by atoms with van der Waals surface area (Å²) in [4.78, 5) is 0. The zero-order valence-electron chi connectivity index (χ0n) is 15.9. The van der Waals surface area contributed by atoms with Gasteiger partial charge in [0.05, 0.1) is 0 Å². The molecule has 2 aliphatic rings. The molecule has 0 aliphatic carbocycles. The van der Waals surface area contributed by atoms with Crippen LogP contribution < -0.4 is 10.4 Å². The molecule has 30 heavy (non-hydrogen) atoms. The maximum absolute atomic E-state index is 6.41. The van der Waals surface area contributed by atoms with Crippen molar-refractivity contribution in [3.05, 3.63) is 97.3 Å². The zero-order chi connectivity index (χ0) is 20.7. The Morgan fingerprint density at radius 3 is 2.10 bits per heavy atom. The minimum Gasteiger partial charge on any atom is -0.356 e. The highest BCUT2D eigenvalue weighted by Crippen LogP contribution is 2.41. The molecule has 5 rings (SSSR count). The number of halogens is 3. The van der Waals surface area contributed by atoms with Crippen molar-refractivity contribution < 1.29 is 9.31 Å². The number of hydrazine groups is 1. The van der Waals surface area contributed by atoms with Crippen molar-refractivity contribution in [3.8, 4) is 0 Å².